The number of ether oxygens (including phenoxy) is 1. The van der Waals surface area contributed by atoms with Crippen molar-refractivity contribution in [1.29, 1.82) is 0 Å². The van der Waals surface area contributed by atoms with Gasteiger partial charge in [-0.1, -0.05) is 37.6 Å². The molecule has 3 heteroatoms. The number of esters is 1. The molecule has 0 radical (unpaired) electrons. The molecule has 3 nitrogen and oxygen atoms in total. The summed E-state index contributed by atoms with van der Waals surface area (Å²) in [5.74, 6) is -0.0553. The van der Waals surface area contributed by atoms with Gasteiger partial charge in [0.2, 0.25) is 0 Å². The Bertz CT molecular complexity index is 417. The fourth-order valence-corrected chi connectivity index (χ4v) is 2.96. The van der Waals surface area contributed by atoms with Crippen molar-refractivity contribution in [3.63, 3.8) is 0 Å². The maximum atomic E-state index is 12.2. The lowest BCUT2D eigenvalue weighted by atomic mass is 10.0. The fourth-order valence-electron chi connectivity index (χ4n) is 2.96. The van der Waals surface area contributed by atoms with E-state index in [1.807, 2.05) is 6.92 Å². The molecule has 0 bridgehead atoms. The van der Waals surface area contributed by atoms with Gasteiger partial charge < -0.3 is 4.74 Å². The van der Waals surface area contributed by atoms with E-state index in [-0.39, 0.29) is 12.0 Å². The standard InChI is InChI=1S/C17H25NO2/c1-3-7-16(17(19)20-4-2)18-12-10-14-8-5-6-9-15(14)11-13-18/h5-6,8-9,16H,3-4,7,10-13H2,1-2H3. The summed E-state index contributed by atoms with van der Waals surface area (Å²) in [5, 5.41) is 0. The molecule has 1 aliphatic heterocycles. The zero-order chi connectivity index (χ0) is 14.4. The lowest BCUT2D eigenvalue weighted by molar-refractivity contribution is -0.149. The van der Waals surface area contributed by atoms with Crippen molar-refractivity contribution >= 4 is 5.97 Å². The predicted molar refractivity (Wildman–Crippen MR) is 80.8 cm³/mol. The molecule has 1 aromatic carbocycles. The molecular formula is C17H25NO2. The zero-order valence-electron chi connectivity index (χ0n) is 12.6. The molecule has 110 valence electrons. The van der Waals surface area contributed by atoms with Gasteiger partial charge in [-0.2, -0.15) is 0 Å². The van der Waals surface area contributed by atoms with Crippen LogP contribution < -0.4 is 0 Å². The highest BCUT2D eigenvalue weighted by atomic mass is 16.5. The first-order valence-electron chi connectivity index (χ1n) is 7.73. The highest BCUT2D eigenvalue weighted by Gasteiger charge is 2.27. The van der Waals surface area contributed by atoms with Crippen molar-refractivity contribution in [1.82, 2.24) is 4.90 Å². The summed E-state index contributed by atoms with van der Waals surface area (Å²) in [6, 6.07) is 8.54. The average Bonchev–Trinajstić information content (AvgIpc) is 2.67. The van der Waals surface area contributed by atoms with E-state index < -0.39 is 0 Å². The molecule has 1 unspecified atom stereocenters. The highest BCUT2D eigenvalue weighted by Crippen LogP contribution is 2.19. The molecule has 20 heavy (non-hydrogen) atoms. The molecule has 0 aromatic heterocycles. The molecule has 0 saturated carbocycles. The number of carbonyl (C=O) groups excluding carboxylic acids is 1. The van der Waals surface area contributed by atoms with Gasteiger partial charge in [0.05, 0.1) is 6.61 Å². The molecule has 1 atom stereocenters. The summed E-state index contributed by atoms with van der Waals surface area (Å²) in [5.41, 5.74) is 2.85. The van der Waals surface area contributed by atoms with Crippen molar-refractivity contribution in [3.8, 4) is 0 Å². The molecular weight excluding hydrogens is 250 g/mol. The Morgan fingerprint density at radius 3 is 2.30 bits per heavy atom. The monoisotopic (exact) mass is 275 g/mol. The second kappa shape index (κ2) is 7.44. The third-order valence-corrected chi connectivity index (χ3v) is 4.02. The molecule has 0 fully saturated rings. The topological polar surface area (TPSA) is 29.5 Å². The van der Waals surface area contributed by atoms with Crippen LogP contribution in [0.4, 0.5) is 0 Å². The van der Waals surface area contributed by atoms with E-state index in [4.69, 9.17) is 4.74 Å². The van der Waals surface area contributed by atoms with Gasteiger partial charge in [0, 0.05) is 13.1 Å². The average molecular weight is 275 g/mol. The van der Waals surface area contributed by atoms with E-state index in [9.17, 15) is 4.79 Å². The fraction of sp³-hybridized carbons (Fsp3) is 0.588. The van der Waals surface area contributed by atoms with Crippen LogP contribution in [-0.4, -0.2) is 36.6 Å². The van der Waals surface area contributed by atoms with Gasteiger partial charge in [0.25, 0.3) is 0 Å². The Morgan fingerprint density at radius 2 is 1.80 bits per heavy atom. The van der Waals surface area contributed by atoms with Crippen molar-refractivity contribution in [2.75, 3.05) is 19.7 Å². The van der Waals surface area contributed by atoms with Crippen molar-refractivity contribution in [3.05, 3.63) is 35.4 Å². The van der Waals surface area contributed by atoms with Crippen LogP contribution in [0.2, 0.25) is 0 Å². The molecule has 2 rings (SSSR count). The summed E-state index contributed by atoms with van der Waals surface area (Å²) < 4.78 is 5.25. The third kappa shape index (κ3) is 3.60. The summed E-state index contributed by atoms with van der Waals surface area (Å²) >= 11 is 0. The maximum Gasteiger partial charge on any atom is 0.323 e. The molecule has 1 aromatic rings. The normalized spacial score (nSPS) is 17.1. The van der Waals surface area contributed by atoms with Crippen LogP contribution in [0.15, 0.2) is 24.3 Å². The molecule has 1 aliphatic rings. The first kappa shape index (κ1) is 15.0. The maximum absolute atomic E-state index is 12.2. The van der Waals surface area contributed by atoms with Crippen molar-refractivity contribution in [2.45, 2.75) is 45.6 Å². The van der Waals surface area contributed by atoms with Gasteiger partial charge in [-0.25, -0.2) is 0 Å². The minimum atomic E-state index is -0.0748. The number of nitrogens with zero attached hydrogens (tertiary/aromatic N) is 1. The van der Waals surface area contributed by atoms with Gasteiger partial charge in [-0.05, 0) is 37.3 Å². The summed E-state index contributed by atoms with van der Waals surface area (Å²) in [4.78, 5) is 14.5. The van der Waals surface area contributed by atoms with Crippen LogP contribution in [0.25, 0.3) is 0 Å². The highest BCUT2D eigenvalue weighted by molar-refractivity contribution is 5.75. The van der Waals surface area contributed by atoms with Gasteiger partial charge in [0.1, 0.15) is 6.04 Å². The molecule has 0 saturated heterocycles. The van der Waals surface area contributed by atoms with E-state index >= 15 is 0 Å². The van der Waals surface area contributed by atoms with E-state index in [1.165, 1.54) is 11.1 Å². The number of rotatable bonds is 5. The van der Waals surface area contributed by atoms with Gasteiger partial charge in [-0.3, -0.25) is 9.69 Å². The molecule has 0 N–H and O–H groups in total. The van der Waals surface area contributed by atoms with Crippen LogP contribution in [0.5, 0.6) is 0 Å². The first-order valence-corrected chi connectivity index (χ1v) is 7.73. The second-order valence-electron chi connectivity index (χ2n) is 5.36. The Labute approximate surface area is 121 Å². The van der Waals surface area contributed by atoms with E-state index in [1.54, 1.807) is 0 Å². The largest absolute Gasteiger partial charge is 0.465 e. The minimum absolute atomic E-state index is 0.0553. The van der Waals surface area contributed by atoms with Crippen LogP contribution in [0.1, 0.15) is 37.8 Å². The van der Waals surface area contributed by atoms with Crippen LogP contribution in [0, 0.1) is 0 Å². The lowest BCUT2D eigenvalue weighted by Gasteiger charge is -2.28. The lowest BCUT2D eigenvalue weighted by Crippen LogP contribution is -2.43. The van der Waals surface area contributed by atoms with Crippen molar-refractivity contribution < 1.29 is 9.53 Å². The molecule has 0 spiro atoms. The minimum Gasteiger partial charge on any atom is -0.465 e. The number of carbonyl (C=O) groups is 1. The van der Waals surface area contributed by atoms with Crippen LogP contribution in [-0.2, 0) is 22.4 Å². The predicted octanol–water partition coefficient (Wildman–Crippen LogP) is 2.82. The summed E-state index contributed by atoms with van der Waals surface area (Å²) in [6.07, 6.45) is 3.94. The van der Waals surface area contributed by atoms with Crippen molar-refractivity contribution in [2.24, 2.45) is 0 Å². The van der Waals surface area contributed by atoms with Gasteiger partial charge in [-0.15, -0.1) is 0 Å². The van der Waals surface area contributed by atoms with E-state index in [0.29, 0.717) is 6.61 Å². The Hall–Kier alpha value is -1.35. The number of hydrogen-bond acceptors (Lipinski definition) is 3. The first-order chi connectivity index (χ1) is 9.76. The van der Waals surface area contributed by atoms with Gasteiger partial charge in [0.15, 0.2) is 0 Å². The smallest absolute Gasteiger partial charge is 0.323 e. The Morgan fingerprint density at radius 1 is 1.20 bits per heavy atom. The van der Waals surface area contributed by atoms with E-state index in [0.717, 1.165) is 38.8 Å². The van der Waals surface area contributed by atoms with Crippen LogP contribution >= 0.6 is 0 Å². The Balaban J connectivity index is 2.06. The quantitative estimate of drug-likeness (QED) is 0.774. The molecule has 0 amide bonds. The summed E-state index contributed by atoms with van der Waals surface area (Å²) in [7, 11) is 0. The number of fused-ring (bicyclic) bond motifs is 1. The second-order valence-corrected chi connectivity index (χ2v) is 5.36. The number of benzene rings is 1. The van der Waals surface area contributed by atoms with Gasteiger partial charge >= 0.3 is 5.97 Å². The Kier molecular flexibility index (Phi) is 5.60. The SMILES string of the molecule is CCCC(C(=O)OCC)N1CCc2ccccc2CC1. The number of hydrogen-bond donors (Lipinski definition) is 0. The summed E-state index contributed by atoms with van der Waals surface area (Å²) in [6.45, 7) is 6.35. The van der Waals surface area contributed by atoms with Crippen LogP contribution in [0.3, 0.4) is 0 Å². The zero-order valence-corrected chi connectivity index (χ0v) is 12.6. The third-order valence-electron chi connectivity index (χ3n) is 4.02. The molecule has 1 heterocycles. The molecule has 0 aliphatic carbocycles. The van der Waals surface area contributed by atoms with E-state index in [2.05, 4.69) is 36.1 Å².